The molecule has 0 radical (unpaired) electrons. The summed E-state index contributed by atoms with van der Waals surface area (Å²) in [6.07, 6.45) is 1.87. The molecule has 2 saturated heterocycles. The van der Waals surface area contributed by atoms with Crippen LogP contribution in [0.4, 0.5) is 0 Å². The number of aliphatic hydroxyl groups excluding tert-OH is 1. The van der Waals surface area contributed by atoms with Gasteiger partial charge in [-0.3, -0.25) is 9.69 Å². The molecule has 2 fully saturated rings. The highest BCUT2D eigenvalue weighted by Crippen LogP contribution is 2.44. The smallest absolute Gasteiger partial charge is 0.225 e. The summed E-state index contributed by atoms with van der Waals surface area (Å²) in [7, 11) is 0. The molecule has 1 unspecified atom stereocenters. The van der Waals surface area contributed by atoms with Gasteiger partial charge in [-0.25, -0.2) is 0 Å². The molecule has 3 heterocycles. The summed E-state index contributed by atoms with van der Waals surface area (Å²) in [6.45, 7) is 4.53. The van der Waals surface area contributed by atoms with E-state index in [1.807, 2.05) is 17.5 Å². The summed E-state index contributed by atoms with van der Waals surface area (Å²) in [6, 6.07) is 4.05. The Labute approximate surface area is 135 Å². The standard InChI is InChI=1S/C16H24N2O3S/c19-6-5-18-11-14(16(12-18)3-7-21-8-4-16)15(20)17-10-13-2-1-9-22-13/h1-2,9,14,19H,3-8,10-12H2,(H,17,20). The van der Waals surface area contributed by atoms with E-state index >= 15 is 0 Å². The van der Waals surface area contributed by atoms with Crippen LogP contribution in [0, 0.1) is 11.3 Å². The molecule has 2 N–H and O–H groups in total. The van der Waals surface area contributed by atoms with Crippen LogP contribution in [0.2, 0.25) is 0 Å². The average molecular weight is 324 g/mol. The third-order valence-electron chi connectivity index (χ3n) is 4.96. The van der Waals surface area contributed by atoms with Crippen molar-refractivity contribution in [1.82, 2.24) is 10.2 Å². The van der Waals surface area contributed by atoms with Crippen LogP contribution in [-0.2, 0) is 16.1 Å². The molecule has 1 amide bonds. The van der Waals surface area contributed by atoms with Gasteiger partial charge in [0, 0.05) is 43.1 Å². The van der Waals surface area contributed by atoms with Gasteiger partial charge in [0.2, 0.25) is 5.91 Å². The number of carbonyl (C=O) groups excluding carboxylic acids is 1. The maximum Gasteiger partial charge on any atom is 0.225 e. The van der Waals surface area contributed by atoms with Crippen molar-refractivity contribution in [2.45, 2.75) is 19.4 Å². The number of nitrogens with zero attached hydrogens (tertiary/aromatic N) is 1. The van der Waals surface area contributed by atoms with Crippen molar-refractivity contribution in [3.05, 3.63) is 22.4 Å². The van der Waals surface area contributed by atoms with Gasteiger partial charge in [0.15, 0.2) is 0 Å². The number of amides is 1. The maximum atomic E-state index is 12.7. The van der Waals surface area contributed by atoms with E-state index in [2.05, 4.69) is 10.2 Å². The van der Waals surface area contributed by atoms with Gasteiger partial charge >= 0.3 is 0 Å². The number of rotatable bonds is 5. The third kappa shape index (κ3) is 3.35. The Bertz CT molecular complexity index is 486. The molecular formula is C16H24N2O3S. The Hall–Kier alpha value is -0.950. The molecule has 0 aromatic carbocycles. The fraction of sp³-hybridized carbons (Fsp3) is 0.688. The first-order chi connectivity index (χ1) is 10.7. The largest absolute Gasteiger partial charge is 0.395 e. The van der Waals surface area contributed by atoms with Gasteiger partial charge in [0.05, 0.1) is 19.1 Å². The molecule has 1 spiro atoms. The average Bonchev–Trinajstić information content (AvgIpc) is 3.15. The van der Waals surface area contributed by atoms with E-state index < -0.39 is 0 Å². The van der Waals surface area contributed by atoms with Crippen LogP contribution in [0.3, 0.4) is 0 Å². The van der Waals surface area contributed by atoms with Crippen LogP contribution >= 0.6 is 11.3 Å². The molecule has 5 nitrogen and oxygen atoms in total. The maximum absolute atomic E-state index is 12.7. The summed E-state index contributed by atoms with van der Waals surface area (Å²) >= 11 is 1.67. The lowest BCUT2D eigenvalue weighted by Crippen LogP contribution is -2.44. The van der Waals surface area contributed by atoms with Crippen molar-refractivity contribution in [3.8, 4) is 0 Å². The number of hydrogen-bond donors (Lipinski definition) is 2. The highest BCUT2D eigenvalue weighted by molar-refractivity contribution is 7.09. The summed E-state index contributed by atoms with van der Waals surface area (Å²) in [5.41, 5.74) is 0.0208. The minimum absolute atomic E-state index is 0.00270. The first-order valence-electron chi connectivity index (χ1n) is 7.94. The van der Waals surface area contributed by atoms with Crippen LogP contribution < -0.4 is 5.32 Å². The van der Waals surface area contributed by atoms with Crippen LogP contribution in [0.15, 0.2) is 17.5 Å². The van der Waals surface area contributed by atoms with Crippen molar-refractivity contribution in [2.75, 3.05) is 39.5 Å². The summed E-state index contributed by atoms with van der Waals surface area (Å²) in [4.78, 5) is 16.1. The molecule has 1 atom stereocenters. The van der Waals surface area contributed by atoms with E-state index in [1.54, 1.807) is 11.3 Å². The Morgan fingerprint density at radius 2 is 2.32 bits per heavy atom. The molecule has 0 saturated carbocycles. The molecule has 2 aliphatic heterocycles. The molecule has 3 rings (SSSR count). The Morgan fingerprint density at radius 1 is 1.50 bits per heavy atom. The summed E-state index contributed by atoms with van der Waals surface area (Å²) in [5, 5.41) is 14.3. The first kappa shape index (κ1) is 15.9. The predicted octanol–water partition coefficient (Wildman–Crippen LogP) is 1.09. The second kappa shape index (κ2) is 7.08. The lowest BCUT2D eigenvalue weighted by molar-refractivity contribution is -0.130. The van der Waals surface area contributed by atoms with E-state index in [0.717, 1.165) is 39.1 Å². The van der Waals surface area contributed by atoms with Gasteiger partial charge in [0.1, 0.15) is 0 Å². The zero-order valence-corrected chi connectivity index (χ0v) is 13.6. The van der Waals surface area contributed by atoms with Crippen molar-refractivity contribution < 1.29 is 14.6 Å². The molecule has 122 valence electrons. The van der Waals surface area contributed by atoms with E-state index in [0.29, 0.717) is 13.1 Å². The van der Waals surface area contributed by atoms with Crippen molar-refractivity contribution in [1.29, 1.82) is 0 Å². The first-order valence-corrected chi connectivity index (χ1v) is 8.82. The predicted molar refractivity (Wildman–Crippen MR) is 85.7 cm³/mol. The highest BCUT2D eigenvalue weighted by atomic mass is 32.1. The number of aliphatic hydroxyl groups is 1. The van der Waals surface area contributed by atoms with Crippen LogP contribution in [0.5, 0.6) is 0 Å². The summed E-state index contributed by atoms with van der Waals surface area (Å²) < 4.78 is 5.50. The number of hydrogen-bond acceptors (Lipinski definition) is 5. The normalized spacial score (nSPS) is 24.7. The Morgan fingerprint density at radius 3 is 3.00 bits per heavy atom. The minimum atomic E-state index is 0.00270. The zero-order chi connectivity index (χ0) is 15.4. The fourth-order valence-electron chi connectivity index (χ4n) is 3.74. The van der Waals surface area contributed by atoms with Gasteiger partial charge in [-0.15, -0.1) is 11.3 Å². The van der Waals surface area contributed by atoms with Gasteiger partial charge < -0.3 is 15.2 Å². The quantitative estimate of drug-likeness (QED) is 0.851. The van der Waals surface area contributed by atoms with Gasteiger partial charge in [-0.1, -0.05) is 6.07 Å². The number of β-amino-alcohol motifs (C(OH)–C–C–N with tert-alkyl or cyclic N) is 1. The Balaban J connectivity index is 1.66. The number of ether oxygens (including phenoxy) is 1. The Kier molecular flexibility index (Phi) is 5.13. The van der Waals surface area contributed by atoms with E-state index in [-0.39, 0.29) is 23.8 Å². The molecule has 1 aromatic heterocycles. The molecule has 0 bridgehead atoms. The van der Waals surface area contributed by atoms with Crippen molar-refractivity contribution in [3.63, 3.8) is 0 Å². The molecular weight excluding hydrogens is 300 g/mol. The number of nitrogens with one attached hydrogen (secondary N) is 1. The van der Waals surface area contributed by atoms with Crippen LogP contribution in [-0.4, -0.2) is 55.4 Å². The monoisotopic (exact) mass is 324 g/mol. The number of carbonyl (C=O) groups is 1. The van der Waals surface area contributed by atoms with Gasteiger partial charge in [-0.05, 0) is 24.3 Å². The highest BCUT2D eigenvalue weighted by Gasteiger charge is 2.50. The van der Waals surface area contributed by atoms with E-state index in [9.17, 15) is 9.90 Å². The SMILES string of the molecule is O=C(NCc1cccs1)C1CN(CCO)CC12CCOCC2. The molecule has 6 heteroatoms. The van der Waals surface area contributed by atoms with Crippen LogP contribution in [0.25, 0.3) is 0 Å². The molecule has 2 aliphatic rings. The lowest BCUT2D eigenvalue weighted by Gasteiger charge is -2.37. The number of likely N-dealkylation sites (tertiary alicyclic amines) is 1. The van der Waals surface area contributed by atoms with Crippen molar-refractivity contribution in [2.24, 2.45) is 11.3 Å². The van der Waals surface area contributed by atoms with E-state index in [4.69, 9.17) is 4.74 Å². The zero-order valence-electron chi connectivity index (χ0n) is 12.8. The second-order valence-electron chi connectivity index (χ2n) is 6.28. The van der Waals surface area contributed by atoms with Crippen molar-refractivity contribution >= 4 is 17.2 Å². The van der Waals surface area contributed by atoms with Crippen LogP contribution in [0.1, 0.15) is 17.7 Å². The van der Waals surface area contributed by atoms with Gasteiger partial charge in [-0.2, -0.15) is 0 Å². The minimum Gasteiger partial charge on any atom is -0.395 e. The lowest BCUT2D eigenvalue weighted by atomic mass is 9.72. The van der Waals surface area contributed by atoms with E-state index in [1.165, 1.54) is 4.88 Å². The third-order valence-corrected chi connectivity index (χ3v) is 5.83. The molecule has 22 heavy (non-hydrogen) atoms. The topological polar surface area (TPSA) is 61.8 Å². The fourth-order valence-corrected chi connectivity index (χ4v) is 4.38. The summed E-state index contributed by atoms with van der Waals surface area (Å²) in [5.74, 6) is 0.152. The van der Waals surface area contributed by atoms with Gasteiger partial charge in [0.25, 0.3) is 0 Å². The second-order valence-corrected chi connectivity index (χ2v) is 7.32. The molecule has 0 aliphatic carbocycles. The molecule has 1 aromatic rings. The number of thiophene rings is 1.